The SMILES string of the molecule is C/C=C/C[C@@H]1[C@@H](O)[C@H](N(C)C(=O)[C@H](C(C)C)N(C)C(=O)[C@H](CC(C)C)N(C)C=O)C(=O)N1[C@@H](CC)C(=O)N(C)CC(=O)N(C)[C@H](C(=O)N[C@H](C(=O)N(C)[C@@H](CC(C)C)C(=O)N[C@@H](C)C(=O)N[C@H](C)C(=O)N(C)[C@H](C)CC(C)C)C(C)C)[C@@H](C)CC. The zero-order valence-corrected chi connectivity index (χ0v) is 56.1. The molecule has 4 N–H and O–H groups in total. The molecule has 486 valence electrons. The minimum absolute atomic E-state index is 0.0354. The maximum absolute atomic E-state index is 14.8. The van der Waals surface area contributed by atoms with Gasteiger partial charge in [0.2, 0.25) is 65.5 Å². The number of hydrogen-bond donors (Lipinski definition) is 4. The molecule has 0 bridgehead atoms. The third-order valence-corrected chi connectivity index (χ3v) is 16.6. The second-order valence-electron chi connectivity index (χ2n) is 25.7. The first kappa shape index (κ1) is 76.9. The van der Waals surface area contributed by atoms with Gasteiger partial charge < -0.3 is 60.3 Å². The van der Waals surface area contributed by atoms with Gasteiger partial charge in [0.1, 0.15) is 60.5 Å². The van der Waals surface area contributed by atoms with Crippen LogP contribution < -0.4 is 16.0 Å². The molecule has 85 heavy (non-hydrogen) atoms. The maximum atomic E-state index is 14.8. The average Bonchev–Trinajstić information content (AvgIpc) is 3.31. The number of carbonyl (C=O) groups excluding carboxylic acids is 11. The van der Waals surface area contributed by atoms with Crippen LogP contribution >= 0.6 is 0 Å². The third kappa shape index (κ3) is 20.5. The van der Waals surface area contributed by atoms with E-state index in [2.05, 4.69) is 29.8 Å². The van der Waals surface area contributed by atoms with Crippen LogP contribution in [0.3, 0.4) is 0 Å². The fourth-order valence-electron chi connectivity index (χ4n) is 11.2. The summed E-state index contributed by atoms with van der Waals surface area (Å²) >= 11 is 0. The summed E-state index contributed by atoms with van der Waals surface area (Å²) in [5.74, 6) is -6.93. The van der Waals surface area contributed by atoms with Crippen LogP contribution in [-0.4, -0.2) is 238 Å². The molecule has 0 aromatic carbocycles. The van der Waals surface area contributed by atoms with Crippen molar-refractivity contribution in [3.63, 3.8) is 0 Å². The molecule has 0 radical (unpaired) electrons. The van der Waals surface area contributed by atoms with E-state index in [0.717, 1.165) is 16.2 Å². The van der Waals surface area contributed by atoms with Crippen LogP contribution in [0.15, 0.2) is 12.2 Å². The number of nitrogens with one attached hydrogen (secondary N) is 3. The lowest BCUT2D eigenvalue weighted by atomic mass is 9.94. The molecule has 0 unspecified atom stereocenters. The Morgan fingerprint density at radius 1 is 0.576 bits per heavy atom. The van der Waals surface area contributed by atoms with Crippen LogP contribution in [0, 0.1) is 35.5 Å². The van der Waals surface area contributed by atoms with Gasteiger partial charge in [0.15, 0.2) is 0 Å². The van der Waals surface area contributed by atoms with Crippen LogP contribution in [0.5, 0.6) is 0 Å². The molecule has 0 aliphatic carbocycles. The molecule has 1 heterocycles. The molecule has 1 saturated heterocycles. The molecule has 0 spiro atoms. The second-order valence-corrected chi connectivity index (χ2v) is 25.7. The smallest absolute Gasteiger partial charge is 0.249 e. The lowest BCUT2D eigenvalue weighted by Crippen LogP contribution is -2.61. The van der Waals surface area contributed by atoms with Crippen LogP contribution in [-0.2, 0) is 52.7 Å². The summed E-state index contributed by atoms with van der Waals surface area (Å²) in [7, 11) is 10.3. The molecule has 1 fully saturated rings. The first-order valence-corrected chi connectivity index (χ1v) is 30.6. The minimum atomic E-state index is -1.48. The molecule has 23 nitrogen and oxygen atoms in total. The van der Waals surface area contributed by atoms with Crippen LogP contribution in [0.2, 0.25) is 0 Å². The van der Waals surface area contributed by atoms with Gasteiger partial charge in [-0.25, -0.2) is 0 Å². The van der Waals surface area contributed by atoms with E-state index in [0.29, 0.717) is 25.2 Å². The molecule has 1 aliphatic heterocycles. The van der Waals surface area contributed by atoms with Gasteiger partial charge in [-0.3, -0.25) is 52.7 Å². The highest BCUT2D eigenvalue weighted by molar-refractivity contribution is 5.99. The van der Waals surface area contributed by atoms with Gasteiger partial charge in [-0.05, 0) is 95.3 Å². The summed E-state index contributed by atoms with van der Waals surface area (Å²) in [6, 6.07) is -11.0. The van der Waals surface area contributed by atoms with Gasteiger partial charge in [-0.15, -0.1) is 0 Å². The molecule has 13 atom stereocenters. The summed E-state index contributed by atoms with van der Waals surface area (Å²) in [5.41, 5.74) is 0. The zero-order chi connectivity index (χ0) is 66.0. The van der Waals surface area contributed by atoms with Gasteiger partial charge in [-0.1, -0.05) is 109 Å². The number of amides is 11. The highest BCUT2D eigenvalue weighted by Gasteiger charge is 2.54. The molecule has 11 amide bonds. The van der Waals surface area contributed by atoms with Crippen molar-refractivity contribution >= 4 is 65.5 Å². The van der Waals surface area contributed by atoms with Crippen molar-refractivity contribution in [2.75, 3.05) is 55.9 Å². The average molecular weight is 1200 g/mol. The molecule has 1 rings (SSSR count). The Morgan fingerprint density at radius 3 is 1.58 bits per heavy atom. The summed E-state index contributed by atoms with van der Waals surface area (Å²) in [4.78, 5) is 164. The second kappa shape index (κ2) is 34.9. The van der Waals surface area contributed by atoms with Gasteiger partial charge in [-0.2, -0.15) is 0 Å². The Labute approximate surface area is 509 Å². The fourth-order valence-corrected chi connectivity index (χ4v) is 11.2. The van der Waals surface area contributed by atoms with Crippen LogP contribution in [0.1, 0.15) is 156 Å². The van der Waals surface area contributed by atoms with E-state index < -0.39 is 144 Å². The van der Waals surface area contributed by atoms with Gasteiger partial charge in [0, 0.05) is 55.4 Å². The lowest BCUT2D eigenvalue weighted by Gasteiger charge is -2.38. The number of likely N-dealkylation sites (tertiary alicyclic amines) is 1. The maximum Gasteiger partial charge on any atom is 0.249 e. The summed E-state index contributed by atoms with van der Waals surface area (Å²) in [5, 5.41) is 20.3. The number of carbonyl (C=O) groups is 11. The van der Waals surface area contributed by atoms with Crippen molar-refractivity contribution < 1.29 is 57.8 Å². The Balaban J connectivity index is 3.51. The third-order valence-electron chi connectivity index (χ3n) is 16.6. The predicted octanol–water partition coefficient (Wildman–Crippen LogP) is 3.36. The Bertz CT molecular complexity index is 2310. The molecular weight excluding hydrogens is 1090 g/mol. The van der Waals surface area contributed by atoms with Crippen LogP contribution in [0.4, 0.5) is 0 Å². The Morgan fingerprint density at radius 2 is 1.11 bits per heavy atom. The van der Waals surface area contributed by atoms with E-state index in [1.165, 1.54) is 73.7 Å². The number of aliphatic hydroxyl groups is 1. The topological polar surface area (TPSA) is 270 Å². The van der Waals surface area contributed by atoms with E-state index in [4.69, 9.17) is 0 Å². The van der Waals surface area contributed by atoms with Crippen LogP contribution in [0.25, 0.3) is 0 Å². The van der Waals surface area contributed by atoms with Gasteiger partial charge >= 0.3 is 0 Å². The number of rotatable bonds is 34. The lowest BCUT2D eigenvalue weighted by molar-refractivity contribution is -0.154. The first-order chi connectivity index (χ1) is 39.3. The molecule has 0 saturated carbocycles. The Hall–Kier alpha value is -6.13. The number of likely N-dealkylation sites (N-methyl/N-ethyl adjacent to an activating group) is 7. The monoisotopic (exact) mass is 1200 g/mol. The largest absolute Gasteiger partial charge is 0.388 e. The van der Waals surface area contributed by atoms with Crippen molar-refractivity contribution in [1.29, 1.82) is 0 Å². The van der Waals surface area contributed by atoms with Crippen molar-refractivity contribution in [2.45, 2.75) is 229 Å². The minimum Gasteiger partial charge on any atom is -0.388 e. The van der Waals surface area contributed by atoms with Gasteiger partial charge in [0.05, 0.1) is 12.6 Å². The highest BCUT2D eigenvalue weighted by Crippen LogP contribution is 2.32. The molecule has 23 heteroatoms. The standard InChI is InChI=1S/C62H111N11O12/c1-25-28-29-45-53(76)52(72(24)61(84)50(39(12)13)71(23)59(82)47(32-37(8)9)67(19)34-74)62(85)73(45)44(27-3)58(81)66(18)33-48(75)70(22)51(40(14)26-2)56(79)65-49(38(10)11)60(83)69(21)46(31-36(6)7)55(78)63-42(16)54(77)64-43(17)57(80)68(20)41(15)30-35(4)5/h25,28,34-47,49-53,76H,26-27,29-33H2,1-24H3,(H,63,78)(H,64,77)(H,65,79)/b28-25+/t40-,41+,42-,43+,44-,45+,46-,47-,49-,50-,51-,52-,53+/m0/s1. The van der Waals surface area contributed by atoms with Crippen molar-refractivity contribution in [1.82, 2.24) is 55.1 Å². The Kier molecular flexibility index (Phi) is 31.5. The fraction of sp³-hybridized carbons (Fsp3) is 0.790. The summed E-state index contributed by atoms with van der Waals surface area (Å²) in [6.07, 6.45) is 4.46. The molecular formula is C62H111N11O12. The zero-order valence-electron chi connectivity index (χ0n) is 56.1. The van der Waals surface area contributed by atoms with Crippen molar-refractivity contribution in [3.05, 3.63) is 12.2 Å². The predicted molar refractivity (Wildman–Crippen MR) is 329 cm³/mol. The van der Waals surface area contributed by atoms with E-state index in [-0.39, 0.29) is 43.0 Å². The van der Waals surface area contributed by atoms with Gasteiger partial charge in [0.25, 0.3) is 0 Å². The number of nitrogens with zero attached hydrogens (tertiary/aromatic N) is 8. The molecule has 0 aromatic rings. The quantitative estimate of drug-likeness (QED) is 0.0534. The number of allylic oxidation sites excluding steroid dienone is 1. The molecule has 1 aliphatic rings. The van der Waals surface area contributed by atoms with Crippen molar-refractivity contribution in [2.24, 2.45) is 35.5 Å². The van der Waals surface area contributed by atoms with E-state index >= 15 is 0 Å². The van der Waals surface area contributed by atoms with E-state index in [1.54, 1.807) is 79.5 Å². The first-order valence-electron chi connectivity index (χ1n) is 30.6. The molecule has 0 aromatic heterocycles. The van der Waals surface area contributed by atoms with E-state index in [1.807, 2.05) is 41.5 Å². The van der Waals surface area contributed by atoms with E-state index in [9.17, 15) is 57.8 Å². The number of aliphatic hydroxyl groups excluding tert-OH is 1. The summed E-state index contributed by atoms with van der Waals surface area (Å²) in [6.45, 7) is 30.2. The normalized spacial score (nSPS) is 18.9. The highest BCUT2D eigenvalue weighted by atomic mass is 16.3. The van der Waals surface area contributed by atoms with Crippen molar-refractivity contribution in [3.8, 4) is 0 Å². The number of hydrogen-bond acceptors (Lipinski definition) is 12. The summed E-state index contributed by atoms with van der Waals surface area (Å²) < 4.78 is 0.